The highest BCUT2D eigenvalue weighted by Gasteiger charge is 2.16. The first-order valence-corrected chi connectivity index (χ1v) is 15.5. The second-order valence-electron chi connectivity index (χ2n) is 11.2. The maximum absolute atomic E-state index is 6.41. The molecule has 3 rings (SSSR count). The van der Waals surface area contributed by atoms with Gasteiger partial charge in [-0.15, -0.1) is 0 Å². The summed E-state index contributed by atoms with van der Waals surface area (Å²) in [6.45, 7) is 26.6. The average Bonchev–Trinajstić information content (AvgIpc) is 2.95. The Labute approximate surface area is 248 Å². The van der Waals surface area contributed by atoms with Crippen LogP contribution in [0.4, 0.5) is 0 Å². The molecule has 0 aliphatic rings. The third kappa shape index (κ3) is 9.23. The summed E-state index contributed by atoms with van der Waals surface area (Å²) in [6, 6.07) is 6.27. The van der Waals surface area contributed by atoms with Gasteiger partial charge in [-0.3, -0.25) is 9.97 Å². The molecule has 2 aromatic heterocycles. The summed E-state index contributed by atoms with van der Waals surface area (Å²) in [7, 11) is 4.33. The maximum Gasteiger partial charge on any atom is 0.130 e. The molecule has 8 heteroatoms. The standard InChI is InChI=1S/C33H54N6O2/c1-10-38(11-2)16-14-36(8)18-20-40-30-22-25(5)34-32-27(7)33-29(24-28(30)32)31(23-26(6)35-33)41-21-19-37(9)15-17-39(12-3)13-4/h22-24H,10-21H2,1-9H3. The van der Waals surface area contributed by atoms with E-state index < -0.39 is 0 Å². The Morgan fingerprint density at radius 3 is 1.32 bits per heavy atom. The van der Waals surface area contributed by atoms with E-state index in [2.05, 4.69) is 86.5 Å². The summed E-state index contributed by atoms with van der Waals surface area (Å²) in [5, 5.41) is 2.02. The molecule has 41 heavy (non-hydrogen) atoms. The largest absolute Gasteiger partial charge is 0.491 e. The number of hydrogen-bond donors (Lipinski definition) is 0. The lowest BCUT2D eigenvalue weighted by Crippen LogP contribution is -2.34. The predicted molar refractivity (Wildman–Crippen MR) is 173 cm³/mol. The molecule has 0 unspecified atom stereocenters. The molecule has 0 aliphatic carbocycles. The van der Waals surface area contributed by atoms with Crippen LogP contribution < -0.4 is 9.47 Å². The fourth-order valence-corrected chi connectivity index (χ4v) is 5.20. The molecule has 8 nitrogen and oxygen atoms in total. The minimum Gasteiger partial charge on any atom is -0.491 e. The Bertz CT molecular complexity index is 1150. The zero-order chi connectivity index (χ0) is 29.9. The Balaban J connectivity index is 1.77. The lowest BCUT2D eigenvalue weighted by molar-refractivity contribution is 0.207. The van der Waals surface area contributed by atoms with Gasteiger partial charge in [-0.1, -0.05) is 27.7 Å². The molecule has 0 spiro atoms. The van der Waals surface area contributed by atoms with Crippen LogP contribution in [-0.2, 0) is 0 Å². The molecule has 0 saturated heterocycles. The Morgan fingerprint density at radius 1 is 0.561 bits per heavy atom. The van der Waals surface area contributed by atoms with Crippen LogP contribution in [-0.4, -0.2) is 122 Å². The predicted octanol–water partition coefficient (Wildman–Crippen LogP) is 5.01. The highest BCUT2D eigenvalue weighted by Crippen LogP contribution is 2.36. The van der Waals surface area contributed by atoms with E-state index in [4.69, 9.17) is 19.4 Å². The van der Waals surface area contributed by atoms with Gasteiger partial charge in [0.1, 0.15) is 24.7 Å². The molecule has 0 aliphatic heterocycles. The van der Waals surface area contributed by atoms with E-state index in [0.717, 1.165) is 116 Å². The van der Waals surface area contributed by atoms with Gasteiger partial charge < -0.3 is 29.1 Å². The molecule has 0 radical (unpaired) electrons. The number of aryl methyl sites for hydroxylation is 3. The molecule has 1 aromatic carbocycles. The van der Waals surface area contributed by atoms with Crippen molar-refractivity contribution in [2.24, 2.45) is 0 Å². The highest BCUT2D eigenvalue weighted by molar-refractivity contribution is 6.03. The summed E-state index contributed by atoms with van der Waals surface area (Å²) in [5.41, 5.74) is 4.85. The second kappa shape index (κ2) is 16.2. The van der Waals surface area contributed by atoms with Gasteiger partial charge in [0, 0.05) is 79.1 Å². The van der Waals surface area contributed by atoms with Crippen molar-refractivity contribution in [1.29, 1.82) is 0 Å². The van der Waals surface area contributed by atoms with Crippen molar-refractivity contribution >= 4 is 21.8 Å². The zero-order valence-corrected chi connectivity index (χ0v) is 27.2. The molecular weight excluding hydrogens is 512 g/mol. The van der Waals surface area contributed by atoms with Gasteiger partial charge in [0.2, 0.25) is 0 Å². The maximum atomic E-state index is 6.41. The zero-order valence-electron chi connectivity index (χ0n) is 27.2. The van der Waals surface area contributed by atoms with E-state index in [-0.39, 0.29) is 0 Å². The summed E-state index contributed by atoms with van der Waals surface area (Å²) in [6.07, 6.45) is 0. The van der Waals surface area contributed by atoms with Gasteiger partial charge in [0.05, 0.1) is 11.0 Å². The Kier molecular flexibility index (Phi) is 13.0. The minimum absolute atomic E-state index is 0.625. The van der Waals surface area contributed by atoms with Crippen LogP contribution in [0, 0.1) is 20.8 Å². The number of pyridine rings is 2. The van der Waals surface area contributed by atoms with E-state index in [1.807, 2.05) is 13.8 Å². The van der Waals surface area contributed by atoms with Gasteiger partial charge in [0.15, 0.2) is 0 Å². The molecule has 3 aromatic rings. The molecule has 0 saturated carbocycles. The number of fused-ring (bicyclic) bond motifs is 2. The van der Waals surface area contributed by atoms with Crippen molar-refractivity contribution in [2.75, 3.05) is 92.8 Å². The van der Waals surface area contributed by atoms with Crippen molar-refractivity contribution in [1.82, 2.24) is 29.6 Å². The SMILES string of the molecule is CCN(CC)CCN(C)CCOc1cc(C)nc2c(C)c3nc(C)cc(OCCN(C)CCN(CC)CC)c3cc12. The van der Waals surface area contributed by atoms with Gasteiger partial charge >= 0.3 is 0 Å². The van der Waals surface area contributed by atoms with Crippen LogP contribution in [0.5, 0.6) is 11.5 Å². The Hall–Kier alpha value is -2.52. The number of hydrogen-bond acceptors (Lipinski definition) is 8. The smallest absolute Gasteiger partial charge is 0.130 e. The van der Waals surface area contributed by atoms with E-state index in [0.29, 0.717) is 13.2 Å². The number of aromatic nitrogens is 2. The van der Waals surface area contributed by atoms with Crippen LogP contribution in [0.1, 0.15) is 44.6 Å². The molecule has 0 amide bonds. The normalized spacial score (nSPS) is 12.1. The summed E-state index contributed by atoms with van der Waals surface area (Å²) >= 11 is 0. The molecule has 0 fully saturated rings. The van der Waals surface area contributed by atoms with Crippen LogP contribution in [0.15, 0.2) is 18.2 Å². The van der Waals surface area contributed by atoms with Crippen LogP contribution in [0.3, 0.4) is 0 Å². The number of rotatable bonds is 18. The fraction of sp³-hybridized carbons (Fsp3) is 0.636. The topological polar surface area (TPSA) is 57.2 Å². The van der Waals surface area contributed by atoms with Gasteiger partial charge in [-0.05, 0) is 67.1 Å². The van der Waals surface area contributed by atoms with Crippen molar-refractivity contribution in [3.05, 3.63) is 35.2 Å². The van der Waals surface area contributed by atoms with Gasteiger partial charge in [-0.2, -0.15) is 0 Å². The highest BCUT2D eigenvalue weighted by atomic mass is 16.5. The summed E-state index contributed by atoms with van der Waals surface area (Å²) in [5.74, 6) is 1.75. The monoisotopic (exact) mass is 566 g/mol. The quantitative estimate of drug-likeness (QED) is 0.199. The number of benzene rings is 1. The van der Waals surface area contributed by atoms with Crippen molar-refractivity contribution in [3.8, 4) is 11.5 Å². The van der Waals surface area contributed by atoms with Crippen molar-refractivity contribution < 1.29 is 9.47 Å². The first kappa shape index (κ1) is 33.0. The molecule has 0 atom stereocenters. The minimum atomic E-state index is 0.625. The number of likely N-dealkylation sites (N-methyl/N-ethyl adjacent to an activating group) is 4. The Morgan fingerprint density at radius 2 is 0.951 bits per heavy atom. The second-order valence-corrected chi connectivity index (χ2v) is 11.2. The van der Waals surface area contributed by atoms with Gasteiger partial charge in [0.25, 0.3) is 0 Å². The average molecular weight is 567 g/mol. The number of nitrogens with zero attached hydrogens (tertiary/aromatic N) is 6. The molecule has 0 N–H and O–H groups in total. The van der Waals surface area contributed by atoms with Crippen LogP contribution >= 0.6 is 0 Å². The number of ether oxygens (including phenoxy) is 2. The fourth-order valence-electron chi connectivity index (χ4n) is 5.20. The van der Waals surface area contributed by atoms with Crippen LogP contribution in [0.2, 0.25) is 0 Å². The third-order valence-corrected chi connectivity index (χ3v) is 8.14. The van der Waals surface area contributed by atoms with Crippen molar-refractivity contribution in [3.63, 3.8) is 0 Å². The van der Waals surface area contributed by atoms with E-state index in [1.54, 1.807) is 0 Å². The molecule has 0 bridgehead atoms. The third-order valence-electron chi connectivity index (χ3n) is 8.14. The lowest BCUT2D eigenvalue weighted by atomic mass is 10.0. The first-order chi connectivity index (χ1) is 19.7. The van der Waals surface area contributed by atoms with Gasteiger partial charge in [-0.25, -0.2) is 0 Å². The first-order valence-electron chi connectivity index (χ1n) is 15.5. The van der Waals surface area contributed by atoms with Crippen molar-refractivity contribution in [2.45, 2.75) is 48.5 Å². The lowest BCUT2D eigenvalue weighted by Gasteiger charge is -2.23. The summed E-state index contributed by atoms with van der Waals surface area (Å²) in [4.78, 5) is 19.4. The van der Waals surface area contributed by atoms with E-state index in [1.165, 1.54) is 0 Å². The molecule has 228 valence electrons. The molecular formula is C33H54N6O2. The van der Waals surface area contributed by atoms with Crippen LogP contribution in [0.25, 0.3) is 21.8 Å². The summed E-state index contributed by atoms with van der Waals surface area (Å²) < 4.78 is 12.8. The van der Waals surface area contributed by atoms with E-state index in [9.17, 15) is 0 Å². The van der Waals surface area contributed by atoms with E-state index >= 15 is 0 Å². The molecule has 2 heterocycles.